The van der Waals surface area contributed by atoms with Crippen molar-refractivity contribution in [1.29, 1.82) is 0 Å². The van der Waals surface area contributed by atoms with Crippen LogP contribution in [0, 0.1) is 0 Å². The topological polar surface area (TPSA) is 63.7 Å². The quantitative estimate of drug-likeness (QED) is 0.590. The summed E-state index contributed by atoms with van der Waals surface area (Å²) in [6.07, 6.45) is 1.53. The van der Waals surface area contributed by atoms with Crippen molar-refractivity contribution in [3.8, 4) is 0 Å². The first-order valence-corrected chi connectivity index (χ1v) is 11.9. The number of nitrogens with zero attached hydrogens (tertiary/aromatic N) is 1. The van der Waals surface area contributed by atoms with Crippen molar-refractivity contribution >= 4 is 15.7 Å². The fraction of sp³-hybridized carbons (Fsp3) is 0.435. The molecule has 0 aromatic heterocycles. The van der Waals surface area contributed by atoms with E-state index in [1.807, 2.05) is 60.7 Å². The van der Waals surface area contributed by atoms with Crippen molar-refractivity contribution in [2.24, 2.45) is 0 Å². The normalized spacial score (nSPS) is 18.1. The minimum absolute atomic E-state index is 0.000842. The molecule has 1 aliphatic rings. The first-order valence-electron chi connectivity index (χ1n) is 10.1. The van der Waals surface area contributed by atoms with E-state index < -0.39 is 9.84 Å². The lowest BCUT2D eigenvalue weighted by molar-refractivity contribution is -0.133. The summed E-state index contributed by atoms with van der Waals surface area (Å²) in [5, 5.41) is 0. The maximum Gasteiger partial charge on any atom is 0.223 e. The van der Waals surface area contributed by atoms with Crippen LogP contribution < -0.4 is 0 Å². The highest BCUT2D eigenvalue weighted by Gasteiger charge is 2.35. The summed E-state index contributed by atoms with van der Waals surface area (Å²) in [7, 11) is -1.43. The zero-order chi connectivity index (χ0) is 20.7. The molecule has 1 fully saturated rings. The lowest BCUT2D eigenvalue weighted by Crippen LogP contribution is -2.42. The molecule has 1 atom stereocenters. The van der Waals surface area contributed by atoms with Gasteiger partial charge in [-0.1, -0.05) is 60.7 Å². The van der Waals surface area contributed by atoms with E-state index in [0.717, 1.165) is 11.1 Å². The van der Waals surface area contributed by atoms with E-state index in [9.17, 15) is 13.2 Å². The Morgan fingerprint density at radius 3 is 2.14 bits per heavy atom. The molecule has 6 heteroatoms. The highest BCUT2D eigenvalue weighted by molar-refractivity contribution is 7.91. The van der Waals surface area contributed by atoms with Gasteiger partial charge >= 0.3 is 0 Å². The van der Waals surface area contributed by atoms with Crippen LogP contribution in [0.4, 0.5) is 0 Å². The second-order valence-electron chi connectivity index (χ2n) is 7.57. The lowest BCUT2D eigenvalue weighted by atomic mass is 9.88. The molecule has 0 bridgehead atoms. The second-order valence-corrected chi connectivity index (χ2v) is 9.80. The largest absolute Gasteiger partial charge is 0.385 e. The first-order chi connectivity index (χ1) is 14.0. The van der Waals surface area contributed by atoms with Crippen LogP contribution in [-0.4, -0.2) is 57.0 Å². The minimum atomic E-state index is -3.06. The summed E-state index contributed by atoms with van der Waals surface area (Å²) in [6.45, 7) is 1.06. The number of ether oxygens (including phenoxy) is 1. The predicted octanol–water partition coefficient (Wildman–Crippen LogP) is 3.26. The van der Waals surface area contributed by atoms with Crippen LogP contribution >= 0.6 is 0 Å². The van der Waals surface area contributed by atoms with E-state index in [2.05, 4.69) is 0 Å². The molecule has 0 saturated carbocycles. The van der Waals surface area contributed by atoms with E-state index in [0.29, 0.717) is 32.4 Å². The highest BCUT2D eigenvalue weighted by Crippen LogP contribution is 2.30. The molecule has 2 aromatic carbocycles. The Kier molecular flexibility index (Phi) is 7.45. The Morgan fingerprint density at radius 1 is 1.07 bits per heavy atom. The third-order valence-corrected chi connectivity index (χ3v) is 7.25. The van der Waals surface area contributed by atoms with Gasteiger partial charge in [0.15, 0.2) is 9.84 Å². The first kappa shape index (κ1) is 21.5. The second kappa shape index (κ2) is 10.0. The molecule has 1 saturated heterocycles. The molecule has 29 heavy (non-hydrogen) atoms. The van der Waals surface area contributed by atoms with Gasteiger partial charge in [0.25, 0.3) is 0 Å². The smallest absolute Gasteiger partial charge is 0.223 e. The highest BCUT2D eigenvalue weighted by atomic mass is 32.2. The monoisotopic (exact) mass is 415 g/mol. The minimum Gasteiger partial charge on any atom is -0.385 e. The van der Waals surface area contributed by atoms with Crippen molar-refractivity contribution in [3.63, 3.8) is 0 Å². The van der Waals surface area contributed by atoms with Crippen molar-refractivity contribution < 1.29 is 17.9 Å². The van der Waals surface area contributed by atoms with E-state index >= 15 is 0 Å². The van der Waals surface area contributed by atoms with Gasteiger partial charge in [-0.05, 0) is 24.0 Å². The number of methoxy groups -OCH3 is 1. The summed E-state index contributed by atoms with van der Waals surface area (Å²) in [5.41, 5.74) is 2.17. The molecule has 1 aliphatic heterocycles. The number of hydrogen-bond donors (Lipinski definition) is 0. The summed E-state index contributed by atoms with van der Waals surface area (Å²) in [4.78, 5) is 15.2. The zero-order valence-electron chi connectivity index (χ0n) is 16.9. The summed E-state index contributed by atoms with van der Waals surface area (Å²) in [5.74, 6) is 0.160. The number of sulfone groups is 1. The molecule has 0 spiro atoms. The third kappa shape index (κ3) is 5.90. The van der Waals surface area contributed by atoms with Crippen LogP contribution in [0.1, 0.15) is 36.3 Å². The zero-order valence-corrected chi connectivity index (χ0v) is 17.7. The molecule has 1 amide bonds. The van der Waals surface area contributed by atoms with Gasteiger partial charge in [0.2, 0.25) is 5.91 Å². The molecular weight excluding hydrogens is 386 g/mol. The van der Waals surface area contributed by atoms with Crippen LogP contribution in [0.3, 0.4) is 0 Å². The van der Waals surface area contributed by atoms with Gasteiger partial charge in [-0.2, -0.15) is 0 Å². The van der Waals surface area contributed by atoms with E-state index in [1.165, 1.54) is 0 Å². The van der Waals surface area contributed by atoms with Crippen LogP contribution in [0.2, 0.25) is 0 Å². The fourth-order valence-corrected chi connectivity index (χ4v) is 5.73. The molecule has 0 aliphatic carbocycles. The number of carbonyl (C=O) groups is 1. The molecule has 5 nitrogen and oxygen atoms in total. The maximum absolute atomic E-state index is 13.4. The van der Waals surface area contributed by atoms with E-state index in [-0.39, 0.29) is 29.4 Å². The van der Waals surface area contributed by atoms with Crippen LogP contribution in [0.25, 0.3) is 0 Å². The van der Waals surface area contributed by atoms with Crippen LogP contribution in [-0.2, 0) is 19.4 Å². The summed E-state index contributed by atoms with van der Waals surface area (Å²) in [6, 6.07) is 19.8. The standard InChI is InChI=1S/C23H29NO4S/c1-28-15-8-14-24(21-13-16-29(26,27)18-21)23(25)17-22(19-9-4-2-5-10-19)20-11-6-3-7-12-20/h2-7,9-12,21-22H,8,13-18H2,1H3. The van der Waals surface area contributed by atoms with Crippen LogP contribution in [0.15, 0.2) is 60.7 Å². The average molecular weight is 416 g/mol. The number of carbonyl (C=O) groups excluding carboxylic acids is 1. The van der Waals surface area contributed by atoms with Gasteiger partial charge in [-0.25, -0.2) is 8.42 Å². The predicted molar refractivity (Wildman–Crippen MR) is 115 cm³/mol. The Morgan fingerprint density at radius 2 is 1.66 bits per heavy atom. The van der Waals surface area contributed by atoms with Crippen molar-refractivity contribution in [3.05, 3.63) is 71.8 Å². The van der Waals surface area contributed by atoms with Gasteiger partial charge in [0, 0.05) is 38.6 Å². The summed E-state index contributed by atoms with van der Waals surface area (Å²) >= 11 is 0. The molecule has 0 radical (unpaired) electrons. The maximum atomic E-state index is 13.4. The molecule has 1 unspecified atom stereocenters. The van der Waals surface area contributed by atoms with Gasteiger partial charge in [-0.15, -0.1) is 0 Å². The lowest BCUT2D eigenvalue weighted by Gasteiger charge is -2.30. The van der Waals surface area contributed by atoms with Gasteiger partial charge in [0.05, 0.1) is 11.5 Å². The summed E-state index contributed by atoms with van der Waals surface area (Å²) < 4.78 is 29.1. The Labute approximate surface area is 173 Å². The average Bonchev–Trinajstić information content (AvgIpc) is 3.10. The van der Waals surface area contributed by atoms with Crippen LogP contribution in [0.5, 0.6) is 0 Å². The van der Waals surface area contributed by atoms with E-state index in [1.54, 1.807) is 12.0 Å². The van der Waals surface area contributed by atoms with Crippen molar-refractivity contribution in [2.45, 2.75) is 31.2 Å². The fourth-order valence-electron chi connectivity index (χ4n) is 4.00. The van der Waals surface area contributed by atoms with Gasteiger partial charge < -0.3 is 9.64 Å². The number of rotatable bonds is 9. The number of benzene rings is 2. The van der Waals surface area contributed by atoms with E-state index in [4.69, 9.17) is 4.74 Å². The molecular formula is C23H29NO4S. The molecule has 2 aromatic rings. The molecule has 156 valence electrons. The molecule has 3 rings (SSSR count). The van der Waals surface area contributed by atoms with Gasteiger partial charge in [0.1, 0.15) is 0 Å². The Balaban J connectivity index is 1.83. The van der Waals surface area contributed by atoms with Gasteiger partial charge in [-0.3, -0.25) is 4.79 Å². The van der Waals surface area contributed by atoms with Crippen molar-refractivity contribution in [2.75, 3.05) is 31.8 Å². The Bertz CT molecular complexity index is 844. The molecule has 1 heterocycles. The third-order valence-electron chi connectivity index (χ3n) is 5.50. The molecule has 0 N–H and O–H groups in total. The Hall–Kier alpha value is -2.18. The number of hydrogen-bond acceptors (Lipinski definition) is 4. The number of amides is 1. The van der Waals surface area contributed by atoms with Crippen molar-refractivity contribution in [1.82, 2.24) is 4.90 Å². The SMILES string of the molecule is COCCCN(C(=O)CC(c1ccccc1)c1ccccc1)C1CCS(=O)(=O)C1.